The van der Waals surface area contributed by atoms with Crippen LogP contribution in [0.4, 0.5) is 10.5 Å². The van der Waals surface area contributed by atoms with Crippen LogP contribution >= 0.6 is 0 Å². The molecule has 1 N–H and O–H groups in total. The van der Waals surface area contributed by atoms with E-state index in [9.17, 15) is 9.59 Å². The molecular formula is C19H23N3O3. The summed E-state index contributed by atoms with van der Waals surface area (Å²) in [6.07, 6.45) is 1.65. The van der Waals surface area contributed by atoms with Crippen molar-refractivity contribution in [2.24, 2.45) is 5.92 Å². The van der Waals surface area contributed by atoms with Crippen molar-refractivity contribution in [3.8, 4) is 0 Å². The SMILES string of the molecule is COCCn1cc(NC(=O)N2C[C@H](C)[C@@H]2c2ccccc2)ccc1=O. The van der Waals surface area contributed by atoms with E-state index in [1.165, 1.54) is 10.6 Å². The summed E-state index contributed by atoms with van der Waals surface area (Å²) in [5.74, 6) is 0.420. The summed E-state index contributed by atoms with van der Waals surface area (Å²) in [6.45, 7) is 3.75. The summed E-state index contributed by atoms with van der Waals surface area (Å²) in [5.41, 5.74) is 1.63. The maximum atomic E-state index is 12.6. The molecule has 1 aliphatic rings. The molecule has 25 heavy (non-hydrogen) atoms. The van der Waals surface area contributed by atoms with Gasteiger partial charge in [0.15, 0.2) is 0 Å². The van der Waals surface area contributed by atoms with Gasteiger partial charge in [-0.1, -0.05) is 37.3 Å². The van der Waals surface area contributed by atoms with Crippen molar-refractivity contribution in [1.82, 2.24) is 9.47 Å². The van der Waals surface area contributed by atoms with Crippen LogP contribution in [0.1, 0.15) is 18.5 Å². The highest BCUT2D eigenvalue weighted by Crippen LogP contribution is 2.38. The average molecular weight is 341 g/mol. The lowest BCUT2D eigenvalue weighted by atomic mass is 9.85. The Morgan fingerprint density at radius 2 is 2.00 bits per heavy atom. The Balaban J connectivity index is 1.71. The van der Waals surface area contributed by atoms with E-state index in [2.05, 4.69) is 12.2 Å². The number of benzene rings is 1. The maximum Gasteiger partial charge on any atom is 0.322 e. The Bertz CT molecular complexity index is 788. The Morgan fingerprint density at radius 3 is 2.68 bits per heavy atom. The fourth-order valence-electron chi connectivity index (χ4n) is 3.23. The Labute approximate surface area is 147 Å². The minimum atomic E-state index is -0.149. The second-order valence-corrected chi connectivity index (χ2v) is 6.36. The first kappa shape index (κ1) is 17.2. The average Bonchev–Trinajstić information content (AvgIpc) is 2.60. The number of nitrogens with one attached hydrogen (secondary N) is 1. The highest BCUT2D eigenvalue weighted by Gasteiger charge is 2.39. The quantitative estimate of drug-likeness (QED) is 0.909. The first-order chi connectivity index (χ1) is 12.1. The molecule has 6 heteroatoms. The molecule has 1 saturated heterocycles. The third kappa shape index (κ3) is 3.74. The molecule has 0 spiro atoms. The summed E-state index contributed by atoms with van der Waals surface area (Å²) in [5, 5.41) is 2.89. The monoisotopic (exact) mass is 341 g/mol. The number of hydrogen-bond acceptors (Lipinski definition) is 3. The van der Waals surface area contributed by atoms with E-state index in [0.717, 1.165) is 5.56 Å². The number of urea groups is 1. The van der Waals surface area contributed by atoms with E-state index in [4.69, 9.17) is 4.74 Å². The van der Waals surface area contributed by atoms with Gasteiger partial charge in [-0.3, -0.25) is 4.79 Å². The minimum absolute atomic E-state index is 0.0839. The van der Waals surface area contributed by atoms with Crippen LogP contribution < -0.4 is 10.9 Å². The molecule has 0 radical (unpaired) electrons. The van der Waals surface area contributed by atoms with Crippen LogP contribution in [0.25, 0.3) is 0 Å². The molecule has 1 aromatic carbocycles. The van der Waals surface area contributed by atoms with Crippen LogP contribution in [0.3, 0.4) is 0 Å². The Kier molecular flexibility index (Phi) is 5.19. The third-order valence-corrected chi connectivity index (χ3v) is 4.53. The number of carbonyl (C=O) groups excluding carboxylic acids is 1. The topological polar surface area (TPSA) is 63.6 Å². The number of rotatable bonds is 5. The van der Waals surface area contributed by atoms with E-state index in [-0.39, 0.29) is 17.6 Å². The highest BCUT2D eigenvalue weighted by molar-refractivity contribution is 5.90. The number of methoxy groups -OCH3 is 1. The van der Waals surface area contributed by atoms with Crippen molar-refractivity contribution in [2.45, 2.75) is 19.5 Å². The normalized spacial score (nSPS) is 19.4. The van der Waals surface area contributed by atoms with Crippen LogP contribution in [0.5, 0.6) is 0 Å². The summed E-state index contributed by atoms with van der Waals surface area (Å²) in [4.78, 5) is 26.3. The second-order valence-electron chi connectivity index (χ2n) is 6.36. The van der Waals surface area contributed by atoms with Gasteiger partial charge in [-0.05, 0) is 17.5 Å². The van der Waals surface area contributed by atoms with Crippen molar-refractivity contribution in [2.75, 3.05) is 25.6 Å². The van der Waals surface area contributed by atoms with Gasteiger partial charge in [-0.25, -0.2) is 4.79 Å². The molecule has 2 atom stereocenters. The molecular weight excluding hydrogens is 318 g/mol. The van der Waals surface area contributed by atoms with Crippen LogP contribution in [0.15, 0.2) is 53.5 Å². The van der Waals surface area contributed by atoms with Crippen molar-refractivity contribution in [3.63, 3.8) is 0 Å². The first-order valence-electron chi connectivity index (χ1n) is 8.42. The molecule has 2 amide bonds. The number of amides is 2. The van der Waals surface area contributed by atoms with Gasteiger partial charge in [0.25, 0.3) is 5.56 Å². The van der Waals surface area contributed by atoms with Gasteiger partial charge in [0.05, 0.1) is 18.3 Å². The molecule has 0 unspecified atom stereocenters. The van der Waals surface area contributed by atoms with E-state index in [1.807, 2.05) is 35.2 Å². The van der Waals surface area contributed by atoms with Crippen molar-refractivity contribution < 1.29 is 9.53 Å². The summed E-state index contributed by atoms with van der Waals surface area (Å²) in [6, 6.07) is 13.1. The predicted molar refractivity (Wildman–Crippen MR) is 96.6 cm³/mol. The van der Waals surface area contributed by atoms with Crippen molar-refractivity contribution in [1.29, 1.82) is 0 Å². The standard InChI is InChI=1S/C19H23N3O3/c1-14-12-22(18(14)15-6-4-3-5-7-15)19(24)20-16-8-9-17(23)21(13-16)10-11-25-2/h3-9,13-14,18H,10-12H2,1-2H3,(H,20,24)/t14-,18+/m0/s1. The molecule has 2 heterocycles. The Morgan fingerprint density at radius 1 is 1.24 bits per heavy atom. The van der Waals surface area contributed by atoms with Gasteiger partial charge in [0.1, 0.15) is 0 Å². The molecule has 1 aromatic heterocycles. The zero-order valence-electron chi connectivity index (χ0n) is 14.5. The number of carbonyl (C=O) groups is 1. The molecule has 3 rings (SSSR count). The van der Waals surface area contributed by atoms with Crippen molar-refractivity contribution >= 4 is 11.7 Å². The van der Waals surface area contributed by atoms with Gasteiger partial charge in [0, 0.05) is 32.5 Å². The fourth-order valence-corrected chi connectivity index (χ4v) is 3.23. The van der Waals surface area contributed by atoms with Gasteiger partial charge in [0.2, 0.25) is 0 Å². The zero-order chi connectivity index (χ0) is 17.8. The van der Waals surface area contributed by atoms with E-state index in [0.29, 0.717) is 31.3 Å². The molecule has 2 aromatic rings. The van der Waals surface area contributed by atoms with Gasteiger partial charge in [-0.15, -0.1) is 0 Å². The minimum Gasteiger partial charge on any atom is -0.383 e. The summed E-state index contributed by atoms with van der Waals surface area (Å²) in [7, 11) is 1.59. The van der Waals surface area contributed by atoms with Crippen LogP contribution in [0.2, 0.25) is 0 Å². The molecule has 132 valence electrons. The summed E-state index contributed by atoms with van der Waals surface area (Å²) < 4.78 is 6.54. The third-order valence-electron chi connectivity index (χ3n) is 4.53. The van der Waals surface area contributed by atoms with Crippen LogP contribution in [0, 0.1) is 5.92 Å². The number of ether oxygens (including phenoxy) is 1. The zero-order valence-corrected chi connectivity index (χ0v) is 14.5. The molecule has 0 saturated carbocycles. The van der Waals surface area contributed by atoms with Gasteiger partial charge in [-0.2, -0.15) is 0 Å². The molecule has 6 nitrogen and oxygen atoms in total. The first-order valence-corrected chi connectivity index (χ1v) is 8.42. The molecule has 0 aliphatic carbocycles. The number of likely N-dealkylation sites (tertiary alicyclic amines) is 1. The van der Waals surface area contributed by atoms with E-state index < -0.39 is 0 Å². The second kappa shape index (κ2) is 7.53. The smallest absolute Gasteiger partial charge is 0.322 e. The lowest BCUT2D eigenvalue weighted by Gasteiger charge is -2.46. The lowest BCUT2D eigenvalue weighted by molar-refractivity contribution is 0.0671. The highest BCUT2D eigenvalue weighted by atomic mass is 16.5. The lowest BCUT2D eigenvalue weighted by Crippen LogP contribution is -2.53. The van der Waals surface area contributed by atoms with E-state index in [1.54, 1.807) is 19.4 Å². The molecule has 0 bridgehead atoms. The number of hydrogen-bond donors (Lipinski definition) is 1. The fraction of sp³-hybridized carbons (Fsp3) is 0.368. The number of anilines is 1. The number of aromatic nitrogens is 1. The Hall–Kier alpha value is -2.60. The van der Waals surface area contributed by atoms with Crippen molar-refractivity contribution in [3.05, 3.63) is 64.6 Å². The predicted octanol–water partition coefficient (Wildman–Crippen LogP) is 2.72. The van der Waals surface area contributed by atoms with Crippen LogP contribution in [-0.4, -0.2) is 35.8 Å². The number of nitrogens with zero attached hydrogens (tertiary/aromatic N) is 2. The van der Waals surface area contributed by atoms with Crippen LogP contribution in [-0.2, 0) is 11.3 Å². The van der Waals surface area contributed by atoms with E-state index >= 15 is 0 Å². The number of pyridine rings is 1. The van der Waals surface area contributed by atoms with Gasteiger partial charge < -0.3 is 19.5 Å². The van der Waals surface area contributed by atoms with Gasteiger partial charge >= 0.3 is 6.03 Å². The molecule has 1 fully saturated rings. The maximum absolute atomic E-state index is 12.6. The summed E-state index contributed by atoms with van der Waals surface area (Å²) >= 11 is 0. The largest absolute Gasteiger partial charge is 0.383 e. The molecule has 1 aliphatic heterocycles.